The van der Waals surface area contributed by atoms with Gasteiger partial charge < -0.3 is 0 Å². The average molecular weight is 451 g/mol. The van der Waals surface area contributed by atoms with Gasteiger partial charge in [-0.15, -0.1) is 0 Å². The monoisotopic (exact) mass is 450 g/mol. The van der Waals surface area contributed by atoms with E-state index < -0.39 is 0 Å². The Morgan fingerprint density at radius 3 is 1.79 bits per heavy atom. The first-order valence-electron chi connectivity index (χ1n) is 12.5. The van der Waals surface area contributed by atoms with E-state index in [0.29, 0.717) is 18.6 Å². The molecular weight excluding hydrogens is 412 g/mol. The maximum Gasteiger partial charge on any atom is 0.243 e. The van der Waals surface area contributed by atoms with Gasteiger partial charge in [-0.25, -0.2) is 5.48 Å². The summed E-state index contributed by atoms with van der Waals surface area (Å²) in [7, 11) is 0. The number of Topliss-reactive ketones (excluding diaryl/α,β-unsaturated/α-hetero) is 1. The van der Waals surface area contributed by atoms with Crippen LogP contribution in [0.3, 0.4) is 0 Å². The van der Waals surface area contributed by atoms with Crippen LogP contribution in [0.15, 0.2) is 60.7 Å². The zero-order chi connectivity index (χ0) is 23.3. The number of carbonyl (C=O) groups is 2. The fourth-order valence-electron chi connectivity index (χ4n) is 4.92. The Balaban J connectivity index is 1.39. The fraction of sp³-hybridized carbons (Fsp3) is 0.500. The lowest BCUT2D eigenvalue weighted by molar-refractivity contribution is -0.129. The van der Waals surface area contributed by atoms with Gasteiger partial charge >= 0.3 is 0 Å². The third-order valence-electron chi connectivity index (χ3n) is 6.78. The lowest BCUT2D eigenvalue weighted by atomic mass is 9.87. The van der Waals surface area contributed by atoms with E-state index in [1.165, 1.54) is 11.1 Å². The van der Waals surface area contributed by atoms with Gasteiger partial charge in [0.05, 0.1) is 6.04 Å². The van der Waals surface area contributed by atoms with Crippen LogP contribution in [0.25, 0.3) is 0 Å². The van der Waals surface area contributed by atoms with Crippen LogP contribution in [0.2, 0.25) is 0 Å². The number of hydrogen-bond donors (Lipinski definition) is 2. The van der Waals surface area contributed by atoms with Crippen LogP contribution in [-0.2, 0) is 9.59 Å². The summed E-state index contributed by atoms with van der Waals surface area (Å²) in [5.41, 5.74) is 4.29. The van der Waals surface area contributed by atoms with E-state index in [2.05, 4.69) is 65.6 Å². The van der Waals surface area contributed by atoms with E-state index in [1.807, 2.05) is 0 Å². The normalized spacial score (nSPS) is 15.0. The van der Waals surface area contributed by atoms with Crippen molar-refractivity contribution in [1.29, 1.82) is 0 Å². The number of amides is 1. The van der Waals surface area contributed by atoms with Gasteiger partial charge in [0, 0.05) is 18.8 Å². The molecule has 0 aliphatic carbocycles. The Bertz CT molecular complexity index is 793. The van der Waals surface area contributed by atoms with Crippen LogP contribution < -0.4 is 5.48 Å². The lowest BCUT2D eigenvalue weighted by Gasteiger charge is -2.37. The van der Waals surface area contributed by atoms with Crippen LogP contribution >= 0.6 is 0 Å². The molecule has 2 N–H and O–H groups in total. The van der Waals surface area contributed by atoms with Gasteiger partial charge in [-0.05, 0) is 49.9 Å². The second-order valence-corrected chi connectivity index (χ2v) is 9.16. The molecule has 2 aromatic rings. The number of benzene rings is 2. The van der Waals surface area contributed by atoms with Crippen molar-refractivity contribution < 1.29 is 14.8 Å². The minimum atomic E-state index is -0.314. The summed E-state index contributed by atoms with van der Waals surface area (Å²) in [6.07, 6.45) is 8.97. The number of ketones is 1. The van der Waals surface area contributed by atoms with Gasteiger partial charge in [0.25, 0.3) is 0 Å². The van der Waals surface area contributed by atoms with E-state index in [4.69, 9.17) is 5.21 Å². The molecular formula is C28H38N2O3. The van der Waals surface area contributed by atoms with Gasteiger partial charge in [0.2, 0.25) is 5.91 Å². The van der Waals surface area contributed by atoms with E-state index in [-0.39, 0.29) is 17.9 Å². The van der Waals surface area contributed by atoms with E-state index in [1.54, 1.807) is 5.48 Å². The zero-order valence-electron chi connectivity index (χ0n) is 19.6. The Morgan fingerprint density at radius 2 is 1.27 bits per heavy atom. The van der Waals surface area contributed by atoms with Crippen LogP contribution in [0.4, 0.5) is 0 Å². The highest BCUT2D eigenvalue weighted by atomic mass is 16.5. The fourth-order valence-corrected chi connectivity index (χ4v) is 4.92. The topological polar surface area (TPSA) is 69.6 Å². The van der Waals surface area contributed by atoms with Crippen LogP contribution in [-0.4, -0.2) is 34.9 Å². The number of likely N-dealkylation sites (tertiary alicyclic amines) is 1. The van der Waals surface area contributed by atoms with Crippen molar-refractivity contribution in [3.05, 3.63) is 71.8 Å². The number of hydrogen-bond acceptors (Lipinski definition) is 4. The van der Waals surface area contributed by atoms with Gasteiger partial charge in [-0.2, -0.15) is 0 Å². The van der Waals surface area contributed by atoms with Crippen LogP contribution in [0.1, 0.15) is 81.4 Å². The highest BCUT2D eigenvalue weighted by Gasteiger charge is 2.29. The second kappa shape index (κ2) is 13.9. The predicted octanol–water partition coefficient (Wildman–Crippen LogP) is 5.68. The van der Waals surface area contributed by atoms with Gasteiger partial charge in [-0.3, -0.25) is 19.7 Å². The Kier molecular flexibility index (Phi) is 10.6. The summed E-state index contributed by atoms with van der Waals surface area (Å²) in [6.45, 7) is 1.90. The molecule has 1 fully saturated rings. The average Bonchev–Trinajstić information content (AvgIpc) is 2.87. The molecule has 0 saturated carbocycles. The maximum atomic E-state index is 12.8. The summed E-state index contributed by atoms with van der Waals surface area (Å²) in [6, 6.07) is 21.6. The summed E-state index contributed by atoms with van der Waals surface area (Å²) in [5, 5.41) is 8.48. The third kappa shape index (κ3) is 8.09. The zero-order valence-corrected chi connectivity index (χ0v) is 19.6. The molecule has 0 radical (unpaired) electrons. The SMILES string of the molecule is O=C(CCCCCCCCC(=O)C1CCN(C(c2ccccc2)c2ccccc2)CC1)NO. The summed E-state index contributed by atoms with van der Waals surface area (Å²) in [5.74, 6) is 0.321. The van der Waals surface area contributed by atoms with Crippen LogP contribution in [0, 0.1) is 5.92 Å². The first kappa shape index (κ1) is 25.1. The summed E-state index contributed by atoms with van der Waals surface area (Å²) < 4.78 is 0. The highest BCUT2D eigenvalue weighted by Crippen LogP contribution is 2.33. The van der Waals surface area contributed by atoms with Gasteiger partial charge in [0.15, 0.2) is 0 Å². The molecule has 5 heteroatoms. The van der Waals surface area contributed by atoms with E-state index in [9.17, 15) is 9.59 Å². The number of rotatable bonds is 13. The molecule has 0 unspecified atom stereocenters. The van der Waals surface area contributed by atoms with Gasteiger partial charge in [0.1, 0.15) is 5.78 Å². The standard InChI is InChI=1S/C28H38N2O3/c31-26(17-11-3-1-2-4-12-18-27(32)29-33)23-19-21-30(22-20-23)28(24-13-7-5-8-14-24)25-15-9-6-10-16-25/h5-10,13-16,23,28,33H,1-4,11-12,17-22H2,(H,29,32). The molecule has 0 atom stereocenters. The van der Waals surface area contributed by atoms with Crippen molar-refractivity contribution in [2.24, 2.45) is 5.92 Å². The van der Waals surface area contributed by atoms with Crippen molar-refractivity contribution in [2.75, 3.05) is 13.1 Å². The minimum Gasteiger partial charge on any atom is -0.299 e. The third-order valence-corrected chi connectivity index (χ3v) is 6.78. The second-order valence-electron chi connectivity index (χ2n) is 9.16. The number of nitrogens with one attached hydrogen (secondary N) is 1. The first-order valence-corrected chi connectivity index (χ1v) is 12.5. The summed E-state index contributed by atoms with van der Waals surface area (Å²) in [4.78, 5) is 26.3. The van der Waals surface area contributed by atoms with Crippen molar-refractivity contribution >= 4 is 11.7 Å². The quantitative estimate of drug-likeness (QED) is 0.234. The van der Waals surface area contributed by atoms with Crippen molar-refractivity contribution in [2.45, 2.75) is 70.3 Å². The maximum absolute atomic E-state index is 12.8. The Morgan fingerprint density at radius 1 is 0.788 bits per heavy atom. The molecule has 33 heavy (non-hydrogen) atoms. The molecule has 3 rings (SSSR count). The van der Waals surface area contributed by atoms with Crippen molar-refractivity contribution in [3.8, 4) is 0 Å². The molecule has 0 bridgehead atoms. The number of piperidine rings is 1. The number of unbranched alkanes of at least 4 members (excludes halogenated alkanes) is 5. The Labute approximate surface area is 198 Å². The van der Waals surface area contributed by atoms with E-state index >= 15 is 0 Å². The first-order chi connectivity index (χ1) is 16.2. The number of carbonyl (C=O) groups excluding carboxylic acids is 2. The molecule has 178 valence electrons. The number of nitrogens with zero attached hydrogens (tertiary/aromatic N) is 1. The van der Waals surface area contributed by atoms with Crippen LogP contribution in [0.5, 0.6) is 0 Å². The largest absolute Gasteiger partial charge is 0.299 e. The number of hydroxylamine groups is 1. The highest BCUT2D eigenvalue weighted by molar-refractivity contribution is 5.81. The molecule has 2 aromatic carbocycles. The minimum absolute atomic E-state index is 0.199. The lowest BCUT2D eigenvalue weighted by Crippen LogP contribution is -2.39. The van der Waals surface area contributed by atoms with Gasteiger partial charge in [-0.1, -0.05) is 86.3 Å². The molecule has 1 aliphatic heterocycles. The predicted molar refractivity (Wildman–Crippen MR) is 131 cm³/mol. The van der Waals surface area contributed by atoms with Crippen molar-refractivity contribution in [3.63, 3.8) is 0 Å². The summed E-state index contributed by atoms with van der Waals surface area (Å²) >= 11 is 0. The Hall–Kier alpha value is -2.50. The molecule has 1 amide bonds. The van der Waals surface area contributed by atoms with Crippen molar-refractivity contribution in [1.82, 2.24) is 10.4 Å². The molecule has 1 heterocycles. The molecule has 0 spiro atoms. The smallest absolute Gasteiger partial charge is 0.243 e. The molecule has 5 nitrogen and oxygen atoms in total. The molecule has 1 saturated heterocycles. The van der Waals surface area contributed by atoms with E-state index in [0.717, 1.165) is 64.5 Å². The molecule has 0 aromatic heterocycles. The molecule has 1 aliphatic rings.